The third-order valence-electron chi connectivity index (χ3n) is 2.59. The molecule has 0 aliphatic carbocycles. The summed E-state index contributed by atoms with van der Waals surface area (Å²) in [7, 11) is 0. The van der Waals surface area contributed by atoms with Gasteiger partial charge in [0, 0.05) is 16.7 Å². The van der Waals surface area contributed by atoms with E-state index >= 15 is 0 Å². The molecular weight excluding hydrogens is 294 g/mol. The number of aryl methyl sites for hydroxylation is 1. The molecule has 0 aliphatic rings. The Hall–Kier alpha value is -1.79. The maximum absolute atomic E-state index is 7.58. The van der Waals surface area contributed by atoms with Crippen molar-refractivity contribution in [1.29, 1.82) is 5.41 Å². The van der Waals surface area contributed by atoms with Crippen LogP contribution in [0.3, 0.4) is 0 Å². The number of rotatable bonds is 2. The molecule has 2 rings (SSSR count). The molecule has 0 bridgehead atoms. The number of pyridine rings is 1. The molecule has 0 saturated carbocycles. The molecule has 0 aliphatic heterocycles. The summed E-state index contributed by atoms with van der Waals surface area (Å²) in [5.74, 6) is 0.367. The van der Waals surface area contributed by atoms with Gasteiger partial charge in [0.2, 0.25) is 0 Å². The molecule has 0 spiro atoms. The molecule has 1 heterocycles. The molecule has 0 fully saturated rings. The maximum Gasteiger partial charge on any atom is 0.193 e. The largest absolute Gasteiger partial charge is 0.370 e. The zero-order valence-electron chi connectivity index (χ0n) is 10.9. The third kappa shape index (κ3) is 3.61. The first kappa shape index (κ1) is 14.6. The molecular formula is C13H14ClN5S. The number of nitrogens with two attached hydrogens (primary N) is 2. The van der Waals surface area contributed by atoms with Crippen LogP contribution in [0.1, 0.15) is 11.1 Å². The zero-order valence-corrected chi connectivity index (χ0v) is 12.4. The van der Waals surface area contributed by atoms with Crippen molar-refractivity contribution < 1.29 is 0 Å². The van der Waals surface area contributed by atoms with E-state index in [2.05, 4.69) is 9.98 Å². The molecule has 1 aromatic heterocycles. The number of aliphatic imine (C=N–C) groups is 1. The lowest BCUT2D eigenvalue weighted by molar-refractivity contribution is 1.30. The van der Waals surface area contributed by atoms with Gasteiger partial charge in [-0.1, -0.05) is 35.5 Å². The van der Waals surface area contributed by atoms with Crippen molar-refractivity contribution in [3.05, 3.63) is 40.5 Å². The summed E-state index contributed by atoms with van der Waals surface area (Å²) in [6.45, 7) is 2.01. The van der Waals surface area contributed by atoms with Crippen LogP contribution < -0.4 is 11.5 Å². The number of fused-ring (bicyclic) bond motifs is 1. The van der Waals surface area contributed by atoms with Gasteiger partial charge in [0.1, 0.15) is 5.15 Å². The van der Waals surface area contributed by atoms with Crippen LogP contribution in [0.5, 0.6) is 0 Å². The van der Waals surface area contributed by atoms with E-state index in [4.69, 9.17) is 28.5 Å². The second-order valence-corrected chi connectivity index (χ2v) is 5.59. The van der Waals surface area contributed by atoms with Gasteiger partial charge in [-0.2, -0.15) is 4.99 Å². The third-order valence-corrected chi connectivity index (χ3v) is 3.74. The van der Waals surface area contributed by atoms with Crippen LogP contribution in [-0.4, -0.2) is 16.1 Å². The van der Waals surface area contributed by atoms with Crippen molar-refractivity contribution in [2.24, 2.45) is 16.5 Å². The number of hydrogen-bond donors (Lipinski definition) is 3. The average Bonchev–Trinajstić information content (AvgIpc) is 2.35. The van der Waals surface area contributed by atoms with Crippen LogP contribution in [0.2, 0.25) is 5.15 Å². The molecule has 2 aromatic rings. The second-order valence-electron chi connectivity index (χ2n) is 4.26. The molecule has 5 N–H and O–H groups in total. The van der Waals surface area contributed by atoms with Gasteiger partial charge in [-0.15, -0.1) is 0 Å². The molecule has 20 heavy (non-hydrogen) atoms. The van der Waals surface area contributed by atoms with Crippen molar-refractivity contribution in [2.75, 3.05) is 0 Å². The number of hydrogen-bond acceptors (Lipinski definition) is 3. The van der Waals surface area contributed by atoms with Crippen LogP contribution in [0.15, 0.2) is 29.3 Å². The highest BCUT2D eigenvalue weighted by molar-refractivity contribution is 8.13. The normalized spacial score (nSPS) is 10.5. The Balaban J connectivity index is 2.22. The van der Waals surface area contributed by atoms with Crippen molar-refractivity contribution in [3.63, 3.8) is 0 Å². The quantitative estimate of drug-likeness (QED) is 0.451. The molecule has 7 heteroatoms. The fraction of sp³-hybridized carbons (Fsp3) is 0.154. The number of amidine groups is 1. The summed E-state index contributed by atoms with van der Waals surface area (Å²) < 4.78 is 0. The summed E-state index contributed by atoms with van der Waals surface area (Å²) in [5.41, 5.74) is 13.3. The second kappa shape index (κ2) is 6.11. The Morgan fingerprint density at radius 2 is 2.15 bits per heavy atom. The van der Waals surface area contributed by atoms with Gasteiger partial charge in [-0.05, 0) is 24.6 Å². The Bertz CT molecular complexity index is 694. The maximum atomic E-state index is 7.58. The van der Waals surface area contributed by atoms with Gasteiger partial charge in [-0.3, -0.25) is 5.41 Å². The molecule has 1 aromatic carbocycles. The lowest BCUT2D eigenvalue weighted by Gasteiger charge is -2.06. The van der Waals surface area contributed by atoms with E-state index in [0.717, 1.165) is 22.0 Å². The van der Waals surface area contributed by atoms with Crippen LogP contribution >= 0.6 is 23.4 Å². The van der Waals surface area contributed by atoms with Crippen molar-refractivity contribution in [1.82, 2.24) is 4.98 Å². The van der Waals surface area contributed by atoms with Gasteiger partial charge < -0.3 is 11.5 Å². The number of benzene rings is 1. The van der Waals surface area contributed by atoms with E-state index < -0.39 is 0 Å². The predicted molar refractivity (Wildman–Crippen MR) is 86.3 cm³/mol. The first-order valence-corrected chi connectivity index (χ1v) is 7.19. The van der Waals surface area contributed by atoms with Gasteiger partial charge in [0.25, 0.3) is 0 Å². The molecule has 0 unspecified atom stereocenters. The van der Waals surface area contributed by atoms with Crippen LogP contribution in [0, 0.1) is 12.3 Å². The van der Waals surface area contributed by atoms with E-state index in [0.29, 0.717) is 10.9 Å². The Morgan fingerprint density at radius 1 is 1.40 bits per heavy atom. The lowest BCUT2D eigenvalue weighted by atomic mass is 10.1. The summed E-state index contributed by atoms with van der Waals surface area (Å²) in [4.78, 5) is 8.02. The van der Waals surface area contributed by atoms with Crippen molar-refractivity contribution >= 4 is 45.4 Å². The minimum atomic E-state index is -0.124. The van der Waals surface area contributed by atoms with E-state index in [1.807, 2.05) is 31.2 Å². The van der Waals surface area contributed by atoms with Crippen LogP contribution in [0.4, 0.5) is 0 Å². The standard InChI is InChI=1S/C13H14ClN5S/c1-7-2-3-8-5-9(11(14)18-10(8)4-7)6-20-13(17)19-12(15)16/h2-5H,6H2,1H3,(H5,15,16,17,19). The first-order valence-electron chi connectivity index (χ1n) is 5.82. The summed E-state index contributed by atoms with van der Waals surface area (Å²) >= 11 is 7.36. The van der Waals surface area contributed by atoms with E-state index in [1.165, 1.54) is 11.8 Å². The molecule has 104 valence electrons. The Kier molecular flexibility index (Phi) is 4.46. The summed E-state index contributed by atoms with van der Waals surface area (Å²) in [5, 5.41) is 9.08. The van der Waals surface area contributed by atoms with Crippen molar-refractivity contribution in [3.8, 4) is 0 Å². The number of halogens is 1. The molecule has 0 saturated heterocycles. The molecule has 0 radical (unpaired) electrons. The Morgan fingerprint density at radius 3 is 2.85 bits per heavy atom. The zero-order chi connectivity index (χ0) is 14.7. The van der Waals surface area contributed by atoms with Crippen molar-refractivity contribution in [2.45, 2.75) is 12.7 Å². The first-order chi connectivity index (χ1) is 9.45. The van der Waals surface area contributed by atoms with E-state index in [1.54, 1.807) is 0 Å². The lowest BCUT2D eigenvalue weighted by Crippen LogP contribution is -2.23. The monoisotopic (exact) mass is 307 g/mol. The van der Waals surface area contributed by atoms with E-state index in [-0.39, 0.29) is 11.1 Å². The highest BCUT2D eigenvalue weighted by atomic mass is 35.5. The fourth-order valence-corrected chi connectivity index (χ4v) is 2.67. The highest BCUT2D eigenvalue weighted by Gasteiger charge is 2.07. The number of thioether (sulfide) groups is 1. The van der Waals surface area contributed by atoms with E-state index in [9.17, 15) is 0 Å². The molecule has 0 atom stereocenters. The number of nitrogens with zero attached hydrogens (tertiary/aromatic N) is 2. The summed E-state index contributed by atoms with van der Waals surface area (Å²) in [6, 6.07) is 7.99. The average molecular weight is 308 g/mol. The minimum Gasteiger partial charge on any atom is -0.370 e. The topological polar surface area (TPSA) is 101 Å². The predicted octanol–water partition coefficient (Wildman–Crippen LogP) is 2.64. The smallest absolute Gasteiger partial charge is 0.193 e. The van der Waals surface area contributed by atoms with Gasteiger partial charge in [0.15, 0.2) is 11.1 Å². The van der Waals surface area contributed by atoms with Gasteiger partial charge >= 0.3 is 0 Å². The minimum absolute atomic E-state index is 0.0464. The number of nitrogens with one attached hydrogen (secondary N) is 1. The van der Waals surface area contributed by atoms with Gasteiger partial charge in [0.05, 0.1) is 5.52 Å². The number of aromatic nitrogens is 1. The highest BCUT2D eigenvalue weighted by Crippen LogP contribution is 2.25. The fourth-order valence-electron chi connectivity index (χ4n) is 1.69. The van der Waals surface area contributed by atoms with Crippen LogP contribution in [-0.2, 0) is 5.75 Å². The summed E-state index contributed by atoms with van der Waals surface area (Å²) in [6.07, 6.45) is 0. The Labute approximate surface area is 125 Å². The molecule has 5 nitrogen and oxygen atoms in total. The number of guanidine groups is 1. The SMILES string of the molecule is Cc1ccc2cc(CSC(=N)N=C(N)N)c(Cl)nc2c1. The van der Waals surface area contributed by atoms with Gasteiger partial charge in [-0.25, -0.2) is 4.98 Å². The molecule has 0 amide bonds. The van der Waals surface area contributed by atoms with Crippen LogP contribution in [0.25, 0.3) is 10.9 Å².